The van der Waals surface area contributed by atoms with Crippen LogP contribution >= 0.6 is 0 Å². The smallest absolute Gasteiger partial charge is 0.0662 e. The molecule has 0 N–H and O–H groups in total. The summed E-state index contributed by atoms with van der Waals surface area (Å²) in [6.07, 6.45) is 2.34. The van der Waals surface area contributed by atoms with Gasteiger partial charge in [-0.1, -0.05) is 30.3 Å². The van der Waals surface area contributed by atoms with E-state index in [1.165, 1.54) is 18.4 Å². The minimum absolute atomic E-state index is 0.148. The van der Waals surface area contributed by atoms with E-state index in [0.29, 0.717) is 0 Å². The standard InChI is InChI=1S/C12H13N/c1-10(9-13)12(7-8-12)11-5-3-2-4-6-11/h2-6,10H,7-8H2,1H3. The number of benzene rings is 1. The van der Waals surface area contributed by atoms with Gasteiger partial charge in [0, 0.05) is 5.41 Å². The number of nitrogens with zero attached hydrogens (tertiary/aromatic N) is 1. The lowest BCUT2D eigenvalue weighted by atomic mass is 9.85. The highest BCUT2D eigenvalue weighted by Gasteiger charge is 2.48. The summed E-state index contributed by atoms with van der Waals surface area (Å²) in [5.74, 6) is 0.148. The Balaban J connectivity index is 2.32. The van der Waals surface area contributed by atoms with Gasteiger partial charge >= 0.3 is 0 Å². The van der Waals surface area contributed by atoms with Crippen molar-refractivity contribution in [2.24, 2.45) is 5.92 Å². The largest absolute Gasteiger partial charge is 0.198 e. The molecule has 1 nitrogen and oxygen atoms in total. The molecule has 0 amide bonds. The van der Waals surface area contributed by atoms with Crippen LogP contribution in [0.1, 0.15) is 25.3 Å². The van der Waals surface area contributed by atoms with E-state index in [2.05, 4.69) is 30.3 Å². The first-order valence-corrected chi connectivity index (χ1v) is 4.75. The molecule has 1 aromatic carbocycles. The summed E-state index contributed by atoms with van der Waals surface area (Å²) in [6.45, 7) is 2.03. The molecule has 0 aliphatic heterocycles. The Morgan fingerprint density at radius 1 is 1.31 bits per heavy atom. The Bertz CT molecular complexity index is 330. The van der Waals surface area contributed by atoms with Gasteiger partial charge in [-0.2, -0.15) is 5.26 Å². The molecule has 1 fully saturated rings. The summed E-state index contributed by atoms with van der Waals surface area (Å²) >= 11 is 0. The van der Waals surface area contributed by atoms with Gasteiger partial charge in [-0.05, 0) is 25.3 Å². The second-order valence-corrected chi connectivity index (χ2v) is 3.87. The first-order chi connectivity index (χ1) is 6.29. The van der Waals surface area contributed by atoms with Crippen LogP contribution in [0.15, 0.2) is 30.3 Å². The van der Waals surface area contributed by atoms with Crippen molar-refractivity contribution in [3.8, 4) is 6.07 Å². The van der Waals surface area contributed by atoms with Gasteiger partial charge in [0.1, 0.15) is 0 Å². The van der Waals surface area contributed by atoms with Crippen LogP contribution in [0.3, 0.4) is 0 Å². The van der Waals surface area contributed by atoms with E-state index < -0.39 is 0 Å². The number of nitriles is 1. The van der Waals surface area contributed by atoms with E-state index in [4.69, 9.17) is 5.26 Å². The molecule has 1 aliphatic carbocycles. The summed E-state index contributed by atoms with van der Waals surface area (Å²) in [7, 11) is 0. The summed E-state index contributed by atoms with van der Waals surface area (Å²) in [4.78, 5) is 0. The average Bonchev–Trinajstić information content (AvgIpc) is 2.99. The van der Waals surface area contributed by atoms with E-state index in [1.54, 1.807) is 0 Å². The fraction of sp³-hybridized carbons (Fsp3) is 0.417. The van der Waals surface area contributed by atoms with Gasteiger partial charge < -0.3 is 0 Å². The third-order valence-electron chi connectivity index (χ3n) is 3.16. The van der Waals surface area contributed by atoms with Crippen molar-refractivity contribution in [2.45, 2.75) is 25.2 Å². The molecule has 13 heavy (non-hydrogen) atoms. The van der Waals surface area contributed by atoms with Crippen molar-refractivity contribution in [2.75, 3.05) is 0 Å². The van der Waals surface area contributed by atoms with Gasteiger partial charge in [0.15, 0.2) is 0 Å². The zero-order valence-electron chi connectivity index (χ0n) is 7.83. The normalized spacial score (nSPS) is 20.3. The monoisotopic (exact) mass is 171 g/mol. The molecule has 1 atom stereocenters. The van der Waals surface area contributed by atoms with Crippen LogP contribution in [-0.2, 0) is 5.41 Å². The molecule has 0 heterocycles. The molecule has 1 heteroatoms. The second-order valence-electron chi connectivity index (χ2n) is 3.87. The molecular weight excluding hydrogens is 158 g/mol. The maximum Gasteiger partial charge on any atom is 0.0662 e. The highest BCUT2D eigenvalue weighted by molar-refractivity contribution is 5.33. The Morgan fingerprint density at radius 3 is 2.38 bits per heavy atom. The molecule has 66 valence electrons. The van der Waals surface area contributed by atoms with Crippen molar-refractivity contribution in [1.82, 2.24) is 0 Å². The molecule has 2 rings (SSSR count). The van der Waals surface area contributed by atoms with Crippen LogP contribution in [0.2, 0.25) is 0 Å². The van der Waals surface area contributed by atoms with Gasteiger partial charge in [-0.15, -0.1) is 0 Å². The van der Waals surface area contributed by atoms with E-state index in [-0.39, 0.29) is 11.3 Å². The predicted molar refractivity (Wildman–Crippen MR) is 52.1 cm³/mol. The van der Waals surface area contributed by atoms with E-state index in [9.17, 15) is 0 Å². The van der Waals surface area contributed by atoms with E-state index >= 15 is 0 Å². The quantitative estimate of drug-likeness (QED) is 0.671. The van der Waals surface area contributed by atoms with Crippen LogP contribution in [0.5, 0.6) is 0 Å². The van der Waals surface area contributed by atoms with E-state index in [1.807, 2.05) is 13.0 Å². The SMILES string of the molecule is CC(C#N)C1(c2ccccc2)CC1. The zero-order chi connectivity index (χ0) is 9.31. The maximum atomic E-state index is 8.92. The molecule has 0 bridgehead atoms. The molecule has 1 aliphatic rings. The summed E-state index contributed by atoms with van der Waals surface area (Å²) in [5.41, 5.74) is 1.53. The van der Waals surface area contributed by atoms with Crippen molar-refractivity contribution >= 4 is 0 Å². The molecule has 0 radical (unpaired) electrons. The van der Waals surface area contributed by atoms with Gasteiger partial charge in [-0.25, -0.2) is 0 Å². The highest BCUT2D eigenvalue weighted by Crippen LogP contribution is 2.53. The van der Waals surface area contributed by atoms with Gasteiger partial charge in [0.05, 0.1) is 12.0 Å². The van der Waals surface area contributed by atoms with Crippen LogP contribution < -0.4 is 0 Å². The first kappa shape index (κ1) is 8.31. The molecular formula is C12H13N. The summed E-state index contributed by atoms with van der Waals surface area (Å²) < 4.78 is 0. The first-order valence-electron chi connectivity index (χ1n) is 4.75. The van der Waals surface area contributed by atoms with Crippen molar-refractivity contribution < 1.29 is 0 Å². The second kappa shape index (κ2) is 2.88. The van der Waals surface area contributed by atoms with Crippen LogP contribution in [-0.4, -0.2) is 0 Å². The minimum atomic E-state index is 0.148. The zero-order valence-corrected chi connectivity index (χ0v) is 7.83. The number of rotatable bonds is 2. The maximum absolute atomic E-state index is 8.92. The van der Waals surface area contributed by atoms with Crippen LogP contribution in [0.4, 0.5) is 0 Å². The number of hydrogen-bond donors (Lipinski definition) is 0. The van der Waals surface area contributed by atoms with Gasteiger partial charge in [0.25, 0.3) is 0 Å². The Labute approximate surface area is 79.0 Å². The van der Waals surface area contributed by atoms with Crippen LogP contribution in [0.25, 0.3) is 0 Å². The summed E-state index contributed by atoms with van der Waals surface area (Å²) in [5, 5.41) is 8.92. The fourth-order valence-corrected chi connectivity index (χ4v) is 2.00. The Morgan fingerprint density at radius 2 is 1.92 bits per heavy atom. The summed E-state index contributed by atoms with van der Waals surface area (Å²) in [6, 6.07) is 12.8. The average molecular weight is 171 g/mol. The lowest BCUT2D eigenvalue weighted by Gasteiger charge is -2.17. The van der Waals surface area contributed by atoms with Gasteiger partial charge in [0.2, 0.25) is 0 Å². The topological polar surface area (TPSA) is 23.8 Å². The molecule has 0 spiro atoms. The third kappa shape index (κ3) is 1.23. The van der Waals surface area contributed by atoms with E-state index in [0.717, 1.165) is 0 Å². The minimum Gasteiger partial charge on any atom is -0.198 e. The highest BCUT2D eigenvalue weighted by atomic mass is 14.5. The third-order valence-corrected chi connectivity index (χ3v) is 3.16. The lowest BCUT2D eigenvalue weighted by Crippen LogP contribution is -2.15. The molecule has 0 saturated heterocycles. The van der Waals surface area contributed by atoms with Gasteiger partial charge in [-0.3, -0.25) is 0 Å². The van der Waals surface area contributed by atoms with Crippen LogP contribution in [0, 0.1) is 17.2 Å². The van der Waals surface area contributed by atoms with Crippen molar-refractivity contribution in [3.63, 3.8) is 0 Å². The molecule has 1 saturated carbocycles. The molecule has 1 aromatic rings. The molecule has 0 aromatic heterocycles. The predicted octanol–water partition coefficient (Wildman–Crippen LogP) is 2.88. The number of hydrogen-bond acceptors (Lipinski definition) is 1. The molecule has 1 unspecified atom stereocenters. The Kier molecular flexibility index (Phi) is 1.84. The fourth-order valence-electron chi connectivity index (χ4n) is 2.00. The lowest BCUT2D eigenvalue weighted by molar-refractivity contribution is 0.543. The van der Waals surface area contributed by atoms with Crippen molar-refractivity contribution in [3.05, 3.63) is 35.9 Å². The van der Waals surface area contributed by atoms with Crippen molar-refractivity contribution in [1.29, 1.82) is 5.26 Å². The Hall–Kier alpha value is -1.29.